The maximum atomic E-state index is 11.7. The van der Waals surface area contributed by atoms with Crippen LogP contribution >= 0.6 is 0 Å². The number of Topliss-reactive ketones (excluding diaryl/α,β-unsaturated/α-hetero) is 1. The number of hydrogen-bond acceptors (Lipinski definition) is 4. The number of rotatable bonds is 5. The standard InChI is InChI=1S/C12H17NO3/c1-12(2,15)11(14)9-3-5-10(6-4-9)16-8-7-13/h3-6,15H,7-8,13H2,1-2H3. The van der Waals surface area contributed by atoms with Gasteiger partial charge in [-0.05, 0) is 38.1 Å². The third-order valence-electron chi connectivity index (χ3n) is 2.06. The van der Waals surface area contributed by atoms with Gasteiger partial charge in [0.2, 0.25) is 0 Å². The molecule has 0 aromatic heterocycles. The van der Waals surface area contributed by atoms with Crippen molar-refractivity contribution in [3.05, 3.63) is 29.8 Å². The third kappa shape index (κ3) is 3.32. The monoisotopic (exact) mass is 223 g/mol. The van der Waals surface area contributed by atoms with E-state index >= 15 is 0 Å². The van der Waals surface area contributed by atoms with Gasteiger partial charge in [0.05, 0.1) is 0 Å². The van der Waals surface area contributed by atoms with E-state index in [-0.39, 0.29) is 5.78 Å². The largest absolute Gasteiger partial charge is 0.492 e. The van der Waals surface area contributed by atoms with Crippen LogP contribution < -0.4 is 10.5 Å². The molecular formula is C12H17NO3. The molecule has 0 atom stereocenters. The Morgan fingerprint density at radius 3 is 2.38 bits per heavy atom. The fraction of sp³-hybridized carbons (Fsp3) is 0.417. The minimum absolute atomic E-state index is 0.308. The second kappa shape index (κ2) is 5.09. The highest BCUT2D eigenvalue weighted by atomic mass is 16.5. The molecule has 0 saturated heterocycles. The molecule has 0 bridgehead atoms. The average molecular weight is 223 g/mol. The van der Waals surface area contributed by atoms with Gasteiger partial charge in [0.1, 0.15) is 18.0 Å². The van der Waals surface area contributed by atoms with Gasteiger partial charge in [0, 0.05) is 12.1 Å². The smallest absolute Gasteiger partial charge is 0.193 e. The van der Waals surface area contributed by atoms with Crippen LogP contribution in [0.25, 0.3) is 0 Å². The second-order valence-corrected chi connectivity index (χ2v) is 4.05. The molecule has 0 saturated carbocycles. The molecule has 0 heterocycles. The fourth-order valence-electron chi connectivity index (χ4n) is 1.23. The molecule has 1 aromatic carbocycles. The van der Waals surface area contributed by atoms with Crippen LogP contribution in [-0.4, -0.2) is 29.6 Å². The highest BCUT2D eigenvalue weighted by molar-refractivity contribution is 6.01. The number of aliphatic hydroxyl groups is 1. The molecule has 16 heavy (non-hydrogen) atoms. The molecular weight excluding hydrogens is 206 g/mol. The lowest BCUT2D eigenvalue weighted by molar-refractivity contribution is 0.0488. The molecule has 4 heteroatoms. The van der Waals surface area contributed by atoms with E-state index in [1.54, 1.807) is 24.3 Å². The summed E-state index contributed by atoms with van der Waals surface area (Å²) in [5, 5.41) is 9.55. The van der Waals surface area contributed by atoms with E-state index in [9.17, 15) is 9.90 Å². The number of carbonyl (C=O) groups is 1. The van der Waals surface area contributed by atoms with Gasteiger partial charge in [0.15, 0.2) is 5.78 Å². The van der Waals surface area contributed by atoms with Crippen molar-refractivity contribution in [3.8, 4) is 5.75 Å². The molecule has 0 aliphatic heterocycles. The molecule has 0 unspecified atom stereocenters. The summed E-state index contributed by atoms with van der Waals surface area (Å²) in [5.74, 6) is 0.357. The Hall–Kier alpha value is -1.39. The predicted molar refractivity (Wildman–Crippen MR) is 61.6 cm³/mol. The SMILES string of the molecule is CC(C)(O)C(=O)c1ccc(OCCN)cc1. The third-order valence-corrected chi connectivity index (χ3v) is 2.06. The maximum absolute atomic E-state index is 11.7. The van der Waals surface area contributed by atoms with Crippen LogP contribution in [0.3, 0.4) is 0 Å². The van der Waals surface area contributed by atoms with E-state index in [1.807, 2.05) is 0 Å². The van der Waals surface area contributed by atoms with E-state index in [0.717, 1.165) is 0 Å². The Balaban J connectivity index is 2.75. The maximum Gasteiger partial charge on any atom is 0.193 e. The highest BCUT2D eigenvalue weighted by Crippen LogP contribution is 2.16. The van der Waals surface area contributed by atoms with Crippen LogP contribution in [0.5, 0.6) is 5.75 Å². The molecule has 0 fully saturated rings. The Bertz CT molecular complexity index is 352. The zero-order valence-corrected chi connectivity index (χ0v) is 9.56. The number of ether oxygens (including phenoxy) is 1. The summed E-state index contributed by atoms with van der Waals surface area (Å²) < 4.78 is 5.28. The van der Waals surface area contributed by atoms with E-state index in [0.29, 0.717) is 24.5 Å². The quantitative estimate of drug-likeness (QED) is 0.730. The molecule has 4 nitrogen and oxygen atoms in total. The summed E-state index contributed by atoms with van der Waals surface area (Å²) in [6, 6.07) is 6.64. The molecule has 1 aromatic rings. The van der Waals surface area contributed by atoms with E-state index in [4.69, 9.17) is 10.5 Å². The number of hydrogen-bond donors (Lipinski definition) is 2. The van der Waals surface area contributed by atoms with Crippen LogP contribution in [0.15, 0.2) is 24.3 Å². The van der Waals surface area contributed by atoms with Crippen LogP contribution in [-0.2, 0) is 0 Å². The molecule has 88 valence electrons. The summed E-state index contributed by atoms with van der Waals surface area (Å²) in [6.07, 6.45) is 0. The van der Waals surface area contributed by atoms with Crippen molar-refractivity contribution < 1.29 is 14.6 Å². The summed E-state index contributed by atoms with van der Waals surface area (Å²) in [5.41, 5.74) is 4.42. The summed E-state index contributed by atoms with van der Waals surface area (Å²) in [4.78, 5) is 11.7. The molecule has 3 N–H and O–H groups in total. The first-order chi connectivity index (χ1) is 7.45. The minimum Gasteiger partial charge on any atom is -0.492 e. The molecule has 0 aliphatic carbocycles. The average Bonchev–Trinajstić information content (AvgIpc) is 2.25. The van der Waals surface area contributed by atoms with Gasteiger partial charge in [-0.3, -0.25) is 4.79 Å². The summed E-state index contributed by atoms with van der Waals surface area (Å²) in [6.45, 7) is 3.82. The lowest BCUT2D eigenvalue weighted by Crippen LogP contribution is -2.30. The van der Waals surface area contributed by atoms with Gasteiger partial charge >= 0.3 is 0 Å². The first-order valence-electron chi connectivity index (χ1n) is 5.15. The van der Waals surface area contributed by atoms with Gasteiger partial charge in [-0.2, -0.15) is 0 Å². The Morgan fingerprint density at radius 1 is 1.38 bits per heavy atom. The molecule has 1 rings (SSSR count). The number of nitrogens with two attached hydrogens (primary N) is 1. The van der Waals surface area contributed by atoms with Crippen molar-refractivity contribution in [2.75, 3.05) is 13.2 Å². The van der Waals surface area contributed by atoms with E-state index < -0.39 is 5.60 Å². The number of carbonyl (C=O) groups excluding carboxylic acids is 1. The first kappa shape index (κ1) is 12.7. The lowest BCUT2D eigenvalue weighted by atomic mass is 9.97. The highest BCUT2D eigenvalue weighted by Gasteiger charge is 2.24. The van der Waals surface area contributed by atoms with Crippen LogP contribution in [0.1, 0.15) is 24.2 Å². The predicted octanol–water partition coefficient (Wildman–Crippen LogP) is 0.978. The van der Waals surface area contributed by atoms with Crippen molar-refractivity contribution in [2.24, 2.45) is 5.73 Å². The zero-order valence-electron chi connectivity index (χ0n) is 9.56. The van der Waals surface area contributed by atoms with Crippen LogP contribution in [0, 0.1) is 0 Å². The Morgan fingerprint density at radius 2 is 1.94 bits per heavy atom. The zero-order chi connectivity index (χ0) is 12.2. The van der Waals surface area contributed by atoms with Crippen molar-refractivity contribution in [3.63, 3.8) is 0 Å². The fourth-order valence-corrected chi connectivity index (χ4v) is 1.23. The molecule has 0 radical (unpaired) electrons. The van der Waals surface area contributed by atoms with Crippen molar-refractivity contribution in [1.29, 1.82) is 0 Å². The first-order valence-corrected chi connectivity index (χ1v) is 5.15. The molecule has 0 spiro atoms. The van der Waals surface area contributed by atoms with Crippen molar-refractivity contribution in [1.82, 2.24) is 0 Å². The Kier molecular flexibility index (Phi) is 4.04. The molecule has 0 aliphatic rings. The number of ketones is 1. The normalized spacial score (nSPS) is 11.2. The van der Waals surface area contributed by atoms with Gasteiger partial charge in [-0.1, -0.05) is 0 Å². The van der Waals surface area contributed by atoms with Crippen molar-refractivity contribution >= 4 is 5.78 Å². The second-order valence-electron chi connectivity index (χ2n) is 4.05. The van der Waals surface area contributed by atoms with Crippen LogP contribution in [0.2, 0.25) is 0 Å². The van der Waals surface area contributed by atoms with E-state index in [2.05, 4.69) is 0 Å². The molecule has 0 amide bonds. The topological polar surface area (TPSA) is 72.5 Å². The summed E-state index contributed by atoms with van der Waals surface area (Å²) in [7, 11) is 0. The summed E-state index contributed by atoms with van der Waals surface area (Å²) >= 11 is 0. The van der Waals surface area contributed by atoms with Gasteiger partial charge in [-0.15, -0.1) is 0 Å². The van der Waals surface area contributed by atoms with Crippen molar-refractivity contribution in [2.45, 2.75) is 19.4 Å². The number of benzene rings is 1. The van der Waals surface area contributed by atoms with E-state index in [1.165, 1.54) is 13.8 Å². The lowest BCUT2D eigenvalue weighted by Gasteiger charge is -2.15. The van der Waals surface area contributed by atoms with Gasteiger partial charge in [0.25, 0.3) is 0 Å². The minimum atomic E-state index is -1.35. The van der Waals surface area contributed by atoms with Gasteiger partial charge < -0.3 is 15.6 Å². The van der Waals surface area contributed by atoms with Crippen LogP contribution in [0.4, 0.5) is 0 Å². The van der Waals surface area contributed by atoms with Gasteiger partial charge in [-0.25, -0.2) is 0 Å². The Labute approximate surface area is 95.0 Å².